The first-order chi connectivity index (χ1) is 12.5. The lowest BCUT2D eigenvalue weighted by Crippen LogP contribution is -2.50. The number of hydrogen-bond donors (Lipinski definition) is 1. The van der Waals surface area contributed by atoms with Crippen LogP contribution in [0, 0.1) is 0 Å². The minimum absolute atomic E-state index is 0.0534. The lowest BCUT2D eigenvalue weighted by atomic mass is 9.68. The van der Waals surface area contributed by atoms with Crippen molar-refractivity contribution in [3.63, 3.8) is 0 Å². The highest BCUT2D eigenvalue weighted by molar-refractivity contribution is 7.80. The van der Waals surface area contributed by atoms with Crippen molar-refractivity contribution in [2.24, 2.45) is 0 Å². The van der Waals surface area contributed by atoms with E-state index in [-0.39, 0.29) is 5.41 Å². The lowest BCUT2D eigenvalue weighted by molar-refractivity contribution is 0.161. The summed E-state index contributed by atoms with van der Waals surface area (Å²) in [6.45, 7) is 11.1. The van der Waals surface area contributed by atoms with E-state index < -0.39 is 0 Å². The van der Waals surface area contributed by atoms with Crippen LogP contribution < -0.4 is 5.32 Å². The van der Waals surface area contributed by atoms with Crippen LogP contribution in [-0.4, -0.2) is 35.1 Å². The summed E-state index contributed by atoms with van der Waals surface area (Å²) in [5.74, 6) is 0. The third kappa shape index (κ3) is 3.56. The molecule has 138 valence electrons. The Bertz CT molecular complexity index is 746. The highest BCUT2D eigenvalue weighted by Crippen LogP contribution is 2.40. The van der Waals surface area contributed by atoms with Gasteiger partial charge < -0.3 is 5.32 Å². The third-order valence-corrected chi connectivity index (χ3v) is 6.05. The van der Waals surface area contributed by atoms with Crippen molar-refractivity contribution in [2.45, 2.75) is 51.6 Å². The monoisotopic (exact) mass is 366 g/mol. The van der Waals surface area contributed by atoms with Crippen molar-refractivity contribution >= 4 is 17.2 Å². The fraction of sp³-hybridized carbons (Fsp3) is 0.435. The number of nitrogens with one attached hydrogen (secondary N) is 1. The Balaban J connectivity index is 2.06. The summed E-state index contributed by atoms with van der Waals surface area (Å²) in [4.78, 5) is 3.46. The van der Waals surface area contributed by atoms with Gasteiger partial charge in [-0.25, -0.2) is 0 Å². The zero-order chi connectivity index (χ0) is 18.7. The van der Waals surface area contributed by atoms with Gasteiger partial charge in [0.25, 0.3) is 0 Å². The topological polar surface area (TPSA) is 15.3 Å². The second-order valence-corrected chi connectivity index (χ2v) is 8.26. The molecule has 0 saturated heterocycles. The van der Waals surface area contributed by atoms with Gasteiger partial charge in [-0.3, -0.25) is 4.90 Å². The summed E-state index contributed by atoms with van der Waals surface area (Å²) < 4.78 is 0. The number of thiocarbonyl (C=S) groups is 1. The van der Waals surface area contributed by atoms with Crippen molar-refractivity contribution in [1.82, 2.24) is 10.2 Å². The largest absolute Gasteiger partial charge is 0.375 e. The summed E-state index contributed by atoms with van der Waals surface area (Å²) in [5.41, 5.74) is 3.86. The predicted octanol–water partition coefficient (Wildman–Crippen LogP) is 4.76. The molecule has 0 bridgehead atoms. The molecule has 2 aromatic carbocycles. The van der Waals surface area contributed by atoms with Gasteiger partial charge in [-0.05, 0) is 51.8 Å². The molecule has 0 saturated carbocycles. The molecule has 3 rings (SSSR count). The fourth-order valence-corrected chi connectivity index (χ4v) is 4.58. The first-order valence-electron chi connectivity index (χ1n) is 9.64. The third-order valence-electron chi connectivity index (χ3n) is 5.69. The van der Waals surface area contributed by atoms with Crippen LogP contribution in [0.1, 0.15) is 50.8 Å². The zero-order valence-corrected chi connectivity index (χ0v) is 17.1. The van der Waals surface area contributed by atoms with Crippen LogP contribution >= 0.6 is 12.2 Å². The van der Waals surface area contributed by atoms with Crippen LogP contribution in [0.3, 0.4) is 0 Å². The van der Waals surface area contributed by atoms with E-state index in [1.807, 2.05) is 0 Å². The van der Waals surface area contributed by atoms with E-state index >= 15 is 0 Å². The minimum Gasteiger partial charge on any atom is -0.375 e. The molecule has 1 atom stereocenters. The van der Waals surface area contributed by atoms with Crippen molar-refractivity contribution in [3.05, 3.63) is 71.3 Å². The van der Waals surface area contributed by atoms with E-state index in [2.05, 4.69) is 92.5 Å². The van der Waals surface area contributed by atoms with Crippen LogP contribution in [0.15, 0.2) is 54.6 Å². The number of fused-ring (bicyclic) bond motifs is 1. The molecule has 0 amide bonds. The molecular weight excluding hydrogens is 336 g/mol. The van der Waals surface area contributed by atoms with Gasteiger partial charge in [0.2, 0.25) is 0 Å². The van der Waals surface area contributed by atoms with E-state index in [1.54, 1.807) is 0 Å². The number of nitrogens with zero attached hydrogens (tertiary/aromatic N) is 1. The Morgan fingerprint density at radius 2 is 1.58 bits per heavy atom. The van der Waals surface area contributed by atoms with Crippen LogP contribution in [0.5, 0.6) is 0 Å². The van der Waals surface area contributed by atoms with Gasteiger partial charge in [0.15, 0.2) is 0 Å². The van der Waals surface area contributed by atoms with Crippen LogP contribution in [-0.2, 0) is 5.41 Å². The maximum absolute atomic E-state index is 5.61. The molecule has 1 unspecified atom stereocenters. The van der Waals surface area contributed by atoms with Crippen molar-refractivity contribution in [1.29, 1.82) is 0 Å². The Kier molecular flexibility index (Phi) is 5.79. The molecule has 2 nitrogen and oxygen atoms in total. The van der Waals surface area contributed by atoms with Gasteiger partial charge in [-0.2, -0.15) is 0 Å². The Labute approximate surface area is 163 Å². The molecule has 3 heteroatoms. The van der Waals surface area contributed by atoms with Gasteiger partial charge in [-0.1, -0.05) is 66.8 Å². The standard InChI is InChI=1S/C23H30N2S/c1-17(2)25(18(3)4)15-14-23(19-10-6-5-7-11-19)16-24-22(26)20-12-8-9-13-21(20)23/h5-13,17-18H,14-16H2,1-4H3,(H,24,26). The maximum Gasteiger partial charge on any atom is 0.106 e. The second kappa shape index (κ2) is 7.89. The Hall–Kier alpha value is -1.71. The Morgan fingerprint density at radius 3 is 2.23 bits per heavy atom. The van der Waals surface area contributed by atoms with Gasteiger partial charge in [-0.15, -0.1) is 0 Å². The molecule has 0 radical (unpaired) electrons. The normalized spacial score (nSPS) is 19.7. The van der Waals surface area contributed by atoms with E-state index in [4.69, 9.17) is 12.2 Å². The molecule has 1 aliphatic heterocycles. The van der Waals surface area contributed by atoms with Gasteiger partial charge >= 0.3 is 0 Å². The first-order valence-corrected chi connectivity index (χ1v) is 10.1. The average Bonchev–Trinajstić information content (AvgIpc) is 2.64. The van der Waals surface area contributed by atoms with Gasteiger partial charge in [0, 0.05) is 29.6 Å². The fourth-order valence-electron chi connectivity index (χ4n) is 4.33. The van der Waals surface area contributed by atoms with Crippen molar-refractivity contribution in [2.75, 3.05) is 13.1 Å². The van der Waals surface area contributed by atoms with Gasteiger partial charge in [0.1, 0.15) is 4.99 Å². The summed E-state index contributed by atoms with van der Waals surface area (Å²) in [7, 11) is 0. The van der Waals surface area contributed by atoms with Gasteiger partial charge in [0.05, 0.1) is 0 Å². The number of rotatable bonds is 6. The summed E-state index contributed by atoms with van der Waals surface area (Å²) in [5, 5.41) is 3.52. The minimum atomic E-state index is -0.0534. The highest BCUT2D eigenvalue weighted by Gasteiger charge is 2.40. The molecule has 0 aliphatic carbocycles. The second-order valence-electron chi connectivity index (χ2n) is 7.85. The maximum atomic E-state index is 5.61. The molecule has 1 N–H and O–H groups in total. The zero-order valence-electron chi connectivity index (χ0n) is 16.3. The van der Waals surface area contributed by atoms with Crippen LogP contribution in [0.25, 0.3) is 0 Å². The number of hydrogen-bond acceptors (Lipinski definition) is 2. The number of benzene rings is 2. The van der Waals surface area contributed by atoms with E-state index in [9.17, 15) is 0 Å². The first kappa shape index (κ1) is 19.1. The highest BCUT2D eigenvalue weighted by atomic mass is 32.1. The van der Waals surface area contributed by atoms with E-state index in [0.717, 1.165) is 24.5 Å². The van der Waals surface area contributed by atoms with Crippen molar-refractivity contribution < 1.29 is 0 Å². The Morgan fingerprint density at radius 1 is 0.962 bits per heavy atom. The molecule has 1 heterocycles. The summed E-state index contributed by atoms with van der Waals surface area (Å²) in [6, 6.07) is 20.7. The lowest BCUT2D eigenvalue weighted by Gasteiger charge is -2.43. The predicted molar refractivity (Wildman–Crippen MR) is 115 cm³/mol. The molecule has 26 heavy (non-hydrogen) atoms. The van der Waals surface area contributed by atoms with Crippen LogP contribution in [0.2, 0.25) is 0 Å². The summed E-state index contributed by atoms with van der Waals surface area (Å²) in [6.07, 6.45) is 1.07. The average molecular weight is 367 g/mol. The summed E-state index contributed by atoms with van der Waals surface area (Å²) >= 11 is 5.61. The van der Waals surface area contributed by atoms with E-state index in [0.29, 0.717) is 12.1 Å². The SMILES string of the molecule is CC(C)N(CCC1(c2ccccc2)CNC(=S)c2ccccc21)C(C)C. The van der Waals surface area contributed by atoms with E-state index in [1.165, 1.54) is 16.7 Å². The smallest absolute Gasteiger partial charge is 0.106 e. The molecule has 0 fully saturated rings. The molecule has 0 spiro atoms. The van der Waals surface area contributed by atoms with Crippen LogP contribution in [0.4, 0.5) is 0 Å². The molecular formula is C23H30N2S. The van der Waals surface area contributed by atoms with Crippen molar-refractivity contribution in [3.8, 4) is 0 Å². The quantitative estimate of drug-likeness (QED) is 0.742. The molecule has 0 aromatic heterocycles. The molecule has 1 aliphatic rings. The molecule has 2 aromatic rings.